The average molecular weight is 185 g/mol. The molecule has 0 bridgehead atoms. The van der Waals surface area contributed by atoms with Crippen LogP contribution in [-0.4, -0.2) is 18.2 Å². The monoisotopic (exact) mass is 185 g/mol. The number of aliphatic hydroxyl groups excluding tert-OH is 1. The zero-order valence-electron chi connectivity index (χ0n) is 9.19. The Bertz CT molecular complexity index is 152. The highest BCUT2D eigenvalue weighted by atomic mass is 16.3. The van der Waals surface area contributed by atoms with Crippen molar-refractivity contribution in [1.29, 1.82) is 0 Å². The van der Waals surface area contributed by atoms with E-state index >= 15 is 0 Å². The number of unbranched alkanes of at least 4 members (excludes halogenated alkanes) is 2. The van der Waals surface area contributed by atoms with Crippen LogP contribution in [-0.2, 0) is 0 Å². The topological polar surface area (TPSA) is 32.3 Å². The Labute approximate surface area is 82.0 Å². The Hall–Kier alpha value is -0.500. The standard InChI is InChI=1S/C11H23NO/c1-5-6-7-8-12-9-11(3,4)10(2)13/h12-13H,2,5-9H2,1,3-4H3. The lowest BCUT2D eigenvalue weighted by atomic mass is 9.91. The minimum absolute atomic E-state index is 0.202. The highest BCUT2D eigenvalue weighted by Gasteiger charge is 2.20. The van der Waals surface area contributed by atoms with Crippen LogP contribution in [0.5, 0.6) is 0 Å². The van der Waals surface area contributed by atoms with Crippen LogP contribution in [0.15, 0.2) is 12.3 Å². The predicted octanol–water partition coefficient (Wildman–Crippen LogP) is 2.86. The minimum atomic E-state index is -0.202. The third-order valence-corrected chi connectivity index (χ3v) is 2.31. The largest absolute Gasteiger partial charge is 0.512 e. The molecule has 78 valence electrons. The molecule has 0 unspecified atom stereocenters. The summed E-state index contributed by atoms with van der Waals surface area (Å²) in [5, 5.41) is 12.6. The zero-order chi connectivity index (χ0) is 10.3. The van der Waals surface area contributed by atoms with Crippen LogP contribution in [0.3, 0.4) is 0 Å². The maximum Gasteiger partial charge on any atom is 0.0919 e. The van der Waals surface area contributed by atoms with E-state index in [-0.39, 0.29) is 11.2 Å². The SMILES string of the molecule is C=C(O)C(C)(C)CNCCCCC. The van der Waals surface area contributed by atoms with Crippen molar-refractivity contribution in [2.75, 3.05) is 13.1 Å². The van der Waals surface area contributed by atoms with Gasteiger partial charge >= 0.3 is 0 Å². The maximum atomic E-state index is 9.25. The summed E-state index contributed by atoms with van der Waals surface area (Å²) in [6.45, 7) is 11.6. The van der Waals surface area contributed by atoms with Crippen LogP contribution in [0, 0.1) is 5.41 Å². The number of hydrogen-bond acceptors (Lipinski definition) is 2. The van der Waals surface area contributed by atoms with Gasteiger partial charge in [-0.1, -0.05) is 40.2 Å². The molecule has 0 aromatic rings. The fourth-order valence-electron chi connectivity index (χ4n) is 1.00. The molecule has 0 saturated heterocycles. The van der Waals surface area contributed by atoms with Crippen LogP contribution in [0.4, 0.5) is 0 Å². The summed E-state index contributed by atoms with van der Waals surface area (Å²) in [5.41, 5.74) is -0.202. The molecule has 0 spiro atoms. The van der Waals surface area contributed by atoms with E-state index in [1.807, 2.05) is 13.8 Å². The van der Waals surface area contributed by atoms with Gasteiger partial charge in [0.25, 0.3) is 0 Å². The Morgan fingerprint density at radius 3 is 2.46 bits per heavy atom. The smallest absolute Gasteiger partial charge is 0.0919 e. The molecule has 0 aliphatic carbocycles. The number of hydrogen-bond donors (Lipinski definition) is 2. The first-order chi connectivity index (χ1) is 6.00. The van der Waals surface area contributed by atoms with Gasteiger partial charge in [0.1, 0.15) is 0 Å². The summed E-state index contributed by atoms with van der Waals surface area (Å²) < 4.78 is 0. The van der Waals surface area contributed by atoms with Gasteiger partial charge in [-0.3, -0.25) is 0 Å². The van der Waals surface area contributed by atoms with Gasteiger partial charge in [-0.25, -0.2) is 0 Å². The molecule has 0 radical (unpaired) electrons. The molecule has 0 fully saturated rings. The van der Waals surface area contributed by atoms with E-state index in [0.29, 0.717) is 0 Å². The highest BCUT2D eigenvalue weighted by molar-refractivity contribution is 4.97. The minimum Gasteiger partial charge on any atom is -0.512 e. The predicted molar refractivity (Wildman–Crippen MR) is 57.9 cm³/mol. The average Bonchev–Trinajstić information content (AvgIpc) is 2.03. The van der Waals surface area contributed by atoms with Crippen molar-refractivity contribution in [3.63, 3.8) is 0 Å². The van der Waals surface area contributed by atoms with Gasteiger partial charge in [0.2, 0.25) is 0 Å². The Morgan fingerprint density at radius 2 is 2.00 bits per heavy atom. The summed E-state index contributed by atoms with van der Waals surface area (Å²) in [5.74, 6) is 0.260. The van der Waals surface area contributed by atoms with E-state index in [4.69, 9.17) is 0 Å². The fourth-order valence-corrected chi connectivity index (χ4v) is 1.00. The van der Waals surface area contributed by atoms with Crippen molar-refractivity contribution in [2.24, 2.45) is 5.41 Å². The summed E-state index contributed by atoms with van der Waals surface area (Å²) in [6, 6.07) is 0. The van der Waals surface area contributed by atoms with E-state index in [1.165, 1.54) is 19.3 Å². The van der Waals surface area contributed by atoms with Crippen molar-refractivity contribution in [2.45, 2.75) is 40.0 Å². The third-order valence-electron chi connectivity index (χ3n) is 2.31. The van der Waals surface area contributed by atoms with Crippen molar-refractivity contribution >= 4 is 0 Å². The van der Waals surface area contributed by atoms with E-state index in [0.717, 1.165) is 13.1 Å². The van der Waals surface area contributed by atoms with Crippen molar-refractivity contribution in [3.8, 4) is 0 Å². The molecule has 0 amide bonds. The van der Waals surface area contributed by atoms with Crippen molar-refractivity contribution < 1.29 is 5.11 Å². The fraction of sp³-hybridized carbons (Fsp3) is 0.818. The normalized spacial score (nSPS) is 11.6. The lowest BCUT2D eigenvalue weighted by molar-refractivity contribution is 0.252. The second-order valence-corrected chi connectivity index (χ2v) is 4.21. The first-order valence-corrected chi connectivity index (χ1v) is 5.09. The van der Waals surface area contributed by atoms with Gasteiger partial charge in [0.15, 0.2) is 0 Å². The Kier molecular flexibility index (Phi) is 5.80. The lowest BCUT2D eigenvalue weighted by Crippen LogP contribution is -2.31. The molecule has 2 nitrogen and oxygen atoms in total. The number of nitrogens with one attached hydrogen (secondary N) is 1. The molecule has 0 atom stereocenters. The summed E-state index contributed by atoms with van der Waals surface area (Å²) in [4.78, 5) is 0. The first kappa shape index (κ1) is 12.5. The molecular formula is C11H23NO. The zero-order valence-corrected chi connectivity index (χ0v) is 9.19. The molecule has 2 N–H and O–H groups in total. The quantitative estimate of drug-likeness (QED) is 0.472. The Balaban J connectivity index is 3.46. The van der Waals surface area contributed by atoms with Gasteiger partial charge in [0, 0.05) is 12.0 Å². The second kappa shape index (κ2) is 6.03. The van der Waals surface area contributed by atoms with Crippen LogP contribution in [0.25, 0.3) is 0 Å². The molecule has 0 aromatic heterocycles. The van der Waals surface area contributed by atoms with Gasteiger partial charge in [-0.2, -0.15) is 0 Å². The van der Waals surface area contributed by atoms with E-state index in [1.54, 1.807) is 0 Å². The van der Waals surface area contributed by atoms with Gasteiger partial charge < -0.3 is 10.4 Å². The molecule has 0 aliphatic heterocycles. The van der Waals surface area contributed by atoms with Gasteiger partial charge in [-0.15, -0.1) is 0 Å². The second-order valence-electron chi connectivity index (χ2n) is 4.21. The van der Waals surface area contributed by atoms with Crippen LogP contribution >= 0.6 is 0 Å². The molecule has 0 rings (SSSR count). The molecule has 0 aliphatic rings. The van der Waals surface area contributed by atoms with Crippen LogP contribution < -0.4 is 5.32 Å². The lowest BCUT2D eigenvalue weighted by Gasteiger charge is -2.23. The molecular weight excluding hydrogens is 162 g/mol. The van der Waals surface area contributed by atoms with Gasteiger partial charge in [-0.05, 0) is 13.0 Å². The highest BCUT2D eigenvalue weighted by Crippen LogP contribution is 2.20. The Morgan fingerprint density at radius 1 is 1.38 bits per heavy atom. The molecule has 0 heterocycles. The van der Waals surface area contributed by atoms with E-state index in [9.17, 15) is 5.11 Å². The first-order valence-electron chi connectivity index (χ1n) is 5.09. The van der Waals surface area contributed by atoms with Crippen molar-refractivity contribution in [3.05, 3.63) is 12.3 Å². The summed E-state index contributed by atoms with van der Waals surface area (Å²) >= 11 is 0. The van der Waals surface area contributed by atoms with E-state index < -0.39 is 0 Å². The van der Waals surface area contributed by atoms with Crippen molar-refractivity contribution in [1.82, 2.24) is 5.32 Å². The van der Waals surface area contributed by atoms with Crippen LogP contribution in [0.2, 0.25) is 0 Å². The summed E-state index contributed by atoms with van der Waals surface area (Å²) in [6.07, 6.45) is 3.73. The molecule has 2 heteroatoms. The van der Waals surface area contributed by atoms with E-state index in [2.05, 4.69) is 18.8 Å². The van der Waals surface area contributed by atoms with Crippen LogP contribution in [0.1, 0.15) is 40.0 Å². The van der Waals surface area contributed by atoms with Gasteiger partial charge in [0.05, 0.1) is 5.76 Å². The number of rotatable bonds is 7. The molecule has 13 heavy (non-hydrogen) atoms. The molecule has 0 saturated carbocycles. The summed E-state index contributed by atoms with van der Waals surface area (Å²) in [7, 11) is 0. The third kappa shape index (κ3) is 5.69. The maximum absolute atomic E-state index is 9.25. The number of aliphatic hydroxyl groups is 1. The molecule has 0 aromatic carbocycles.